The van der Waals surface area contributed by atoms with Crippen molar-refractivity contribution in [2.75, 3.05) is 0 Å². The van der Waals surface area contributed by atoms with Crippen LogP contribution in [0, 0.1) is 17.5 Å². The second kappa shape index (κ2) is 5.48. The summed E-state index contributed by atoms with van der Waals surface area (Å²) < 4.78 is 38.5. The van der Waals surface area contributed by atoms with Crippen LogP contribution in [0.3, 0.4) is 0 Å². The number of aliphatic carboxylic acids is 1. The van der Waals surface area contributed by atoms with Crippen LogP contribution in [-0.4, -0.2) is 16.9 Å². The second-order valence-corrected chi connectivity index (χ2v) is 3.44. The average molecular weight is 258 g/mol. The maximum absolute atomic E-state index is 12.9. The van der Waals surface area contributed by atoms with Crippen molar-refractivity contribution >= 4 is 17.8 Å². The fraction of sp³-hybridized carbons (Fsp3) is 0.167. The third-order valence-corrected chi connectivity index (χ3v) is 2.17. The summed E-state index contributed by atoms with van der Waals surface area (Å²) in [6.07, 6.45) is 0.740. The predicted octanol–water partition coefficient (Wildman–Crippen LogP) is 2.55. The molecule has 0 unspecified atom stereocenters. The van der Waals surface area contributed by atoms with E-state index in [1.54, 1.807) is 0 Å². The topological polar surface area (TPSA) is 54.4 Å². The summed E-state index contributed by atoms with van der Waals surface area (Å²) in [4.78, 5) is 22.1. The summed E-state index contributed by atoms with van der Waals surface area (Å²) in [7, 11) is 0. The minimum atomic E-state index is -1.65. The molecule has 18 heavy (non-hydrogen) atoms. The SMILES string of the molecule is CCC(=O)C(=Cc1cc(F)c(F)c(F)c1)C(=O)O. The van der Waals surface area contributed by atoms with Gasteiger partial charge in [-0.3, -0.25) is 4.79 Å². The lowest BCUT2D eigenvalue weighted by Crippen LogP contribution is -2.11. The minimum absolute atomic E-state index is 0.0652. The highest BCUT2D eigenvalue weighted by Gasteiger charge is 2.16. The van der Waals surface area contributed by atoms with Crippen molar-refractivity contribution < 1.29 is 27.9 Å². The Bertz CT molecular complexity index is 512. The Hall–Kier alpha value is -2.11. The van der Waals surface area contributed by atoms with Gasteiger partial charge < -0.3 is 5.11 Å². The van der Waals surface area contributed by atoms with E-state index in [2.05, 4.69) is 0 Å². The highest BCUT2D eigenvalue weighted by molar-refractivity contribution is 6.19. The number of ketones is 1. The summed E-state index contributed by atoms with van der Waals surface area (Å²) >= 11 is 0. The van der Waals surface area contributed by atoms with E-state index in [0.29, 0.717) is 12.1 Å². The molecule has 1 rings (SSSR count). The van der Waals surface area contributed by atoms with Crippen LogP contribution in [0.2, 0.25) is 0 Å². The molecule has 1 aromatic carbocycles. The molecule has 0 aromatic heterocycles. The highest BCUT2D eigenvalue weighted by atomic mass is 19.2. The number of carbonyl (C=O) groups is 2. The monoisotopic (exact) mass is 258 g/mol. The van der Waals surface area contributed by atoms with Crippen molar-refractivity contribution in [2.24, 2.45) is 0 Å². The zero-order chi connectivity index (χ0) is 13.9. The fourth-order valence-electron chi connectivity index (χ4n) is 1.28. The second-order valence-electron chi connectivity index (χ2n) is 3.44. The first kappa shape index (κ1) is 14.0. The van der Waals surface area contributed by atoms with Crippen molar-refractivity contribution in [3.05, 3.63) is 40.7 Å². The first-order valence-electron chi connectivity index (χ1n) is 4.99. The Labute approximate surface area is 101 Å². The molecule has 0 fully saturated rings. The molecule has 0 atom stereocenters. The number of carboxylic acids is 1. The number of carbonyl (C=O) groups excluding carboxylic acids is 1. The van der Waals surface area contributed by atoms with Crippen molar-refractivity contribution in [3.63, 3.8) is 0 Å². The molecular formula is C12H9F3O3. The number of rotatable bonds is 4. The van der Waals surface area contributed by atoms with Crippen LogP contribution < -0.4 is 0 Å². The van der Waals surface area contributed by atoms with Gasteiger partial charge in [-0.15, -0.1) is 0 Å². The lowest BCUT2D eigenvalue weighted by atomic mass is 10.1. The van der Waals surface area contributed by atoms with Gasteiger partial charge in [0.15, 0.2) is 23.2 Å². The van der Waals surface area contributed by atoms with Crippen LogP contribution in [0.15, 0.2) is 17.7 Å². The van der Waals surface area contributed by atoms with E-state index < -0.39 is 34.8 Å². The molecular weight excluding hydrogens is 249 g/mol. The summed E-state index contributed by atoms with van der Waals surface area (Å²) in [6, 6.07) is 1.23. The summed E-state index contributed by atoms with van der Waals surface area (Å²) in [5, 5.41) is 8.78. The van der Waals surface area contributed by atoms with Gasteiger partial charge in [-0.1, -0.05) is 6.92 Å². The molecule has 1 N–H and O–H groups in total. The van der Waals surface area contributed by atoms with Crippen molar-refractivity contribution in [3.8, 4) is 0 Å². The van der Waals surface area contributed by atoms with Gasteiger partial charge in [-0.2, -0.15) is 0 Å². The molecule has 0 radical (unpaired) electrons. The van der Waals surface area contributed by atoms with Crippen LogP contribution in [0.4, 0.5) is 13.2 Å². The van der Waals surface area contributed by atoms with E-state index in [9.17, 15) is 22.8 Å². The first-order valence-corrected chi connectivity index (χ1v) is 4.99. The van der Waals surface area contributed by atoms with E-state index in [1.807, 2.05) is 0 Å². The number of hydrogen-bond donors (Lipinski definition) is 1. The van der Waals surface area contributed by atoms with Crippen molar-refractivity contribution in [2.45, 2.75) is 13.3 Å². The minimum Gasteiger partial charge on any atom is -0.478 e. The van der Waals surface area contributed by atoms with Gasteiger partial charge >= 0.3 is 5.97 Å². The van der Waals surface area contributed by atoms with Crippen molar-refractivity contribution in [1.29, 1.82) is 0 Å². The van der Waals surface area contributed by atoms with Gasteiger partial charge in [-0.25, -0.2) is 18.0 Å². The normalized spacial score (nSPS) is 11.4. The Morgan fingerprint density at radius 2 is 1.72 bits per heavy atom. The smallest absolute Gasteiger partial charge is 0.339 e. The highest BCUT2D eigenvalue weighted by Crippen LogP contribution is 2.16. The lowest BCUT2D eigenvalue weighted by molar-refractivity contribution is -0.134. The van der Waals surface area contributed by atoms with E-state index in [1.165, 1.54) is 6.92 Å². The predicted molar refractivity (Wildman–Crippen MR) is 57.2 cm³/mol. The van der Waals surface area contributed by atoms with E-state index >= 15 is 0 Å². The van der Waals surface area contributed by atoms with Crippen LogP contribution >= 0.6 is 0 Å². The lowest BCUT2D eigenvalue weighted by Gasteiger charge is -2.01. The fourth-order valence-corrected chi connectivity index (χ4v) is 1.28. The first-order chi connectivity index (χ1) is 8.36. The van der Waals surface area contributed by atoms with Gasteiger partial charge in [0.2, 0.25) is 0 Å². The number of benzene rings is 1. The summed E-state index contributed by atoms with van der Waals surface area (Å²) in [5.41, 5.74) is -0.839. The molecule has 1 aromatic rings. The molecule has 0 aliphatic heterocycles. The molecule has 0 heterocycles. The number of carboxylic acid groups (broad SMARTS) is 1. The average Bonchev–Trinajstić information content (AvgIpc) is 2.31. The molecule has 0 aliphatic rings. The van der Waals surface area contributed by atoms with Crippen LogP contribution in [0.1, 0.15) is 18.9 Å². The number of halogens is 3. The van der Waals surface area contributed by atoms with Crippen LogP contribution in [-0.2, 0) is 9.59 Å². The Morgan fingerprint density at radius 1 is 1.22 bits per heavy atom. The third-order valence-electron chi connectivity index (χ3n) is 2.17. The molecule has 0 aliphatic carbocycles. The molecule has 0 saturated heterocycles. The van der Waals surface area contributed by atoms with Crippen LogP contribution in [0.25, 0.3) is 6.08 Å². The molecule has 0 amide bonds. The molecule has 0 bridgehead atoms. The molecule has 96 valence electrons. The van der Waals surface area contributed by atoms with E-state index in [-0.39, 0.29) is 12.0 Å². The molecule has 3 nitrogen and oxygen atoms in total. The molecule has 0 spiro atoms. The zero-order valence-corrected chi connectivity index (χ0v) is 9.34. The summed E-state index contributed by atoms with van der Waals surface area (Å²) in [5.74, 6) is -6.74. The Kier molecular flexibility index (Phi) is 4.25. The van der Waals surface area contributed by atoms with Gasteiger partial charge in [0.05, 0.1) is 0 Å². The summed E-state index contributed by atoms with van der Waals surface area (Å²) in [6.45, 7) is 1.45. The Balaban J connectivity index is 3.29. The standard InChI is InChI=1S/C12H9F3O3/c1-2-10(16)7(12(17)18)3-6-4-8(13)11(15)9(14)5-6/h3-5H,2H2,1H3,(H,17,18). The Morgan fingerprint density at radius 3 is 2.11 bits per heavy atom. The van der Waals surface area contributed by atoms with Gasteiger partial charge in [0.1, 0.15) is 5.57 Å². The van der Waals surface area contributed by atoms with Gasteiger partial charge in [0.25, 0.3) is 0 Å². The van der Waals surface area contributed by atoms with Crippen molar-refractivity contribution in [1.82, 2.24) is 0 Å². The quantitative estimate of drug-likeness (QED) is 0.391. The van der Waals surface area contributed by atoms with E-state index in [4.69, 9.17) is 5.11 Å². The van der Waals surface area contributed by atoms with Gasteiger partial charge in [-0.05, 0) is 23.8 Å². The largest absolute Gasteiger partial charge is 0.478 e. The number of Topliss-reactive ketones (excluding diaryl/α,β-unsaturated/α-hetero) is 1. The maximum atomic E-state index is 12.9. The zero-order valence-electron chi connectivity index (χ0n) is 9.34. The number of hydrogen-bond acceptors (Lipinski definition) is 2. The third kappa shape index (κ3) is 2.97. The molecule has 6 heteroatoms. The van der Waals surface area contributed by atoms with Crippen LogP contribution in [0.5, 0.6) is 0 Å². The molecule has 0 saturated carbocycles. The van der Waals surface area contributed by atoms with Gasteiger partial charge in [0, 0.05) is 6.42 Å². The van der Waals surface area contributed by atoms with E-state index in [0.717, 1.165) is 6.08 Å². The maximum Gasteiger partial charge on any atom is 0.339 e.